The number of hydrogen-bond donors (Lipinski definition) is 1. The molecule has 2 aromatic rings. The summed E-state index contributed by atoms with van der Waals surface area (Å²) in [5.74, 6) is 1.17. The van der Waals surface area contributed by atoms with E-state index in [-0.39, 0.29) is 11.9 Å². The number of aryl methyl sites for hydroxylation is 1. The van der Waals surface area contributed by atoms with Crippen LogP contribution in [0.4, 0.5) is 4.39 Å². The number of fused-ring (bicyclic) bond motifs is 1. The molecule has 0 saturated carbocycles. The van der Waals surface area contributed by atoms with Gasteiger partial charge < -0.3 is 15.2 Å². The first kappa shape index (κ1) is 14.4. The monoisotopic (exact) mass is 351 g/mol. The summed E-state index contributed by atoms with van der Waals surface area (Å²) in [7, 11) is 0. The van der Waals surface area contributed by atoms with Gasteiger partial charge in [0.15, 0.2) is 11.5 Å². The lowest BCUT2D eigenvalue weighted by Crippen LogP contribution is -2.17. The fourth-order valence-electron chi connectivity index (χ4n) is 2.36. The third kappa shape index (κ3) is 2.76. The molecule has 3 rings (SSSR count). The lowest BCUT2D eigenvalue weighted by atomic mass is 9.97. The van der Waals surface area contributed by atoms with E-state index in [0.717, 1.165) is 15.6 Å². The van der Waals surface area contributed by atoms with Crippen LogP contribution in [0.1, 0.15) is 22.7 Å². The summed E-state index contributed by atoms with van der Waals surface area (Å²) in [6.07, 6.45) is 0. The van der Waals surface area contributed by atoms with Crippen LogP contribution in [0.15, 0.2) is 34.8 Å². The Hall–Kier alpha value is -1.59. The molecule has 0 saturated heterocycles. The van der Waals surface area contributed by atoms with Crippen molar-refractivity contribution in [2.24, 2.45) is 5.73 Å². The van der Waals surface area contributed by atoms with Crippen molar-refractivity contribution in [2.75, 3.05) is 13.2 Å². The summed E-state index contributed by atoms with van der Waals surface area (Å²) in [6.45, 7) is 2.80. The van der Waals surface area contributed by atoms with Crippen molar-refractivity contribution in [3.05, 3.63) is 57.3 Å². The number of ether oxygens (including phenoxy) is 2. The van der Waals surface area contributed by atoms with Gasteiger partial charge in [0, 0.05) is 4.47 Å². The molecule has 0 amide bonds. The van der Waals surface area contributed by atoms with Crippen LogP contribution in [0.2, 0.25) is 0 Å². The minimum atomic E-state index is -0.366. The van der Waals surface area contributed by atoms with Gasteiger partial charge in [-0.1, -0.05) is 28.1 Å². The Morgan fingerprint density at radius 1 is 1.14 bits per heavy atom. The van der Waals surface area contributed by atoms with Crippen molar-refractivity contribution in [2.45, 2.75) is 13.0 Å². The van der Waals surface area contributed by atoms with Crippen molar-refractivity contribution < 1.29 is 13.9 Å². The van der Waals surface area contributed by atoms with Crippen molar-refractivity contribution >= 4 is 15.9 Å². The van der Waals surface area contributed by atoms with E-state index >= 15 is 0 Å². The minimum Gasteiger partial charge on any atom is -0.486 e. The molecule has 0 radical (unpaired) electrons. The van der Waals surface area contributed by atoms with Crippen LogP contribution in [0.5, 0.6) is 11.5 Å². The fraction of sp³-hybridized carbons (Fsp3) is 0.250. The zero-order valence-corrected chi connectivity index (χ0v) is 13.1. The van der Waals surface area contributed by atoms with Gasteiger partial charge in [-0.15, -0.1) is 0 Å². The topological polar surface area (TPSA) is 44.5 Å². The number of nitrogens with two attached hydrogens (primary N) is 1. The maximum Gasteiger partial charge on any atom is 0.162 e. The van der Waals surface area contributed by atoms with Crippen LogP contribution < -0.4 is 15.2 Å². The van der Waals surface area contributed by atoms with Crippen molar-refractivity contribution in [3.63, 3.8) is 0 Å². The molecule has 110 valence electrons. The Morgan fingerprint density at radius 2 is 1.81 bits per heavy atom. The van der Waals surface area contributed by atoms with E-state index in [1.165, 1.54) is 6.07 Å². The second-order valence-corrected chi connectivity index (χ2v) is 5.86. The van der Waals surface area contributed by atoms with Gasteiger partial charge in [-0.05, 0) is 41.8 Å². The fourth-order valence-corrected chi connectivity index (χ4v) is 2.93. The van der Waals surface area contributed by atoms with Crippen molar-refractivity contribution in [3.8, 4) is 11.5 Å². The minimum absolute atomic E-state index is 0.229. The Balaban J connectivity index is 2.00. The molecule has 1 aliphatic rings. The number of benzene rings is 2. The predicted molar refractivity (Wildman–Crippen MR) is 82.3 cm³/mol. The average Bonchev–Trinajstić information content (AvgIpc) is 2.48. The van der Waals surface area contributed by atoms with E-state index in [0.29, 0.717) is 30.3 Å². The van der Waals surface area contributed by atoms with E-state index in [9.17, 15) is 4.39 Å². The molecule has 0 spiro atoms. The van der Waals surface area contributed by atoms with Crippen molar-refractivity contribution in [1.29, 1.82) is 0 Å². The highest BCUT2D eigenvalue weighted by molar-refractivity contribution is 9.10. The third-order valence-corrected chi connectivity index (χ3v) is 4.22. The van der Waals surface area contributed by atoms with Gasteiger partial charge in [-0.25, -0.2) is 4.39 Å². The summed E-state index contributed by atoms with van der Waals surface area (Å²) < 4.78 is 25.4. The molecular formula is C16H15BrFNO2. The highest BCUT2D eigenvalue weighted by Gasteiger charge is 2.19. The third-order valence-electron chi connectivity index (χ3n) is 3.54. The molecule has 1 unspecified atom stereocenters. The molecule has 0 fully saturated rings. The summed E-state index contributed by atoms with van der Waals surface area (Å²) in [5, 5.41) is 0. The van der Waals surface area contributed by atoms with E-state index in [2.05, 4.69) is 15.9 Å². The summed E-state index contributed by atoms with van der Waals surface area (Å²) in [6, 6.07) is 8.28. The van der Waals surface area contributed by atoms with E-state index < -0.39 is 0 Å². The molecule has 3 nitrogen and oxygen atoms in total. The molecule has 2 N–H and O–H groups in total. The highest BCUT2D eigenvalue weighted by atomic mass is 79.9. The lowest BCUT2D eigenvalue weighted by molar-refractivity contribution is 0.171. The van der Waals surface area contributed by atoms with Crippen LogP contribution in [-0.2, 0) is 0 Å². The standard InChI is InChI=1S/C16H15BrFNO2/c1-9-6-10(2-3-13(9)18)16(19)11-7-14-15(8-12(11)17)21-5-4-20-14/h2-3,6-8,16H,4-5,19H2,1H3. The van der Waals surface area contributed by atoms with Gasteiger partial charge in [-0.3, -0.25) is 0 Å². The molecule has 0 bridgehead atoms. The molecule has 1 aliphatic heterocycles. The first-order valence-corrected chi connectivity index (χ1v) is 7.46. The Kier molecular flexibility index (Phi) is 3.87. The maximum atomic E-state index is 13.4. The van der Waals surface area contributed by atoms with Crippen LogP contribution in [0.3, 0.4) is 0 Å². The molecule has 1 heterocycles. The first-order chi connectivity index (χ1) is 10.1. The average molecular weight is 352 g/mol. The first-order valence-electron chi connectivity index (χ1n) is 6.67. The zero-order valence-electron chi connectivity index (χ0n) is 11.5. The van der Waals surface area contributed by atoms with Gasteiger partial charge in [0.1, 0.15) is 19.0 Å². The molecule has 2 aromatic carbocycles. The van der Waals surface area contributed by atoms with E-state index in [4.69, 9.17) is 15.2 Å². The highest BCUT2D eigenvalue weighted by Crippen LogP contribution is 2.38. The summed E-state index contributed by atoms with van der Waals surface area (Å²) >= 11 is 3.52. The number of hydrogen-bond acceptors (Lipinski definition) is 3. The second kappa shape index (κ2) is 5.66. The van der Waals surface area contributed by atoms with Gasteiger partial charge in [0.05, 0.1) is 6.04 Å². The quantitative estimate of drug-likeness (QED) is 0.896. The van der Waals surface area contributed by atoms with Gasteiger partial charge >= 0.3 is 0 Å². The van der Waals surface area contributed by atoms with Gasteiger partial charge in [0.25, 0.3) is 0 Å². The Labute approximate surface area is 131 Å². The predicted octanol–water partition coefficient (Wildman–Crippen LogP) is 3.72. The molecule has 1 atom stereocenters. The van der Waals surface area contributed by atoms with Crippen LogP contribution >= 0.6 is 15.9 Å². The molecule has 21 heavy (non-hydrogen) atoms. The van der Waals surface area contributed by atoms with Gasteiger partial charge in [0.2, 0.25) is 0 Å². The number of rotatable bonds is 2. The second-order valence-electron chi connectivity index (χ2n) is 5.00. The zero-order chi connectivity index (χ0) is 15.0. The molecule has 0 aliphatic carbocycles. The number of halogens is 2. The normalized spacial score (nSPS) is 14.9. The van der Waals surface area contributed by atoms with Crippen LogP contribution in [-0.4, -0.2) is 13.2 Å². The maximum absolute atomic E-state index is 13.4. The Morgan fingerprint density at radius 3 is 2.48 bits per heavy atom. The van der Waals surface area contributed by atoms with Crippen LogP contribution in [0.25, 0.3) is 0 Å². The lowest BCUT2D eigenvalue weighted by Gasteiger charge is -2.22. The van der Waals surface area contributed by atoms with Crippen LogP contribution in [0, 0.1) is 12.7 Å². The largest absolute Gasteiger partial charge is 0.486 e. The SMILES string of the molecule is Cc1cc(C(N)c2cc3c(cc2Br)OCCO3)ccc1F. The molecule has 0 aromatic heterocycles. The molecule has 5 heteroatoms. The summed E-state index contributed by atoms with van der Waals surface area (Å²) in [4.78, 5) is 0. The smallest absolute Gasteiger partial charge is 0.162 e. The van der Waals surface area contributed by atoms with Crippen molar-refractivity contribution in [1.82, 2.24) is 0 Å². The van der Waals surface area contributed by atoms with E-state index in [1.807, 2.05) is 12.1 Å². The van der Waals surface area contributed by atoms with E-state index in [1.54, 1.807) is 19.1 Å². The molecular weight excluding hydrogens is 337 g/mol. The van der Waals surface area contributed by atoms with Gasteiger partial charge in [-0.2, -0.15) is 0 Å². The summed E-state index contributed by atoms with van der Waals surface area (Å²) in [5.41, 5.74) is 8.63. The Bertz CT molecular complexity index is 690.